The van der Waals surface area contributed by atoms with Crippen LogP contribution in [0.2, 0.25) is 0 Å². The number of β-amino-alcohol motifs (C(OH)–C–C–N with tert-alkyl or cyclic N) is 1. The van der Waals surface area contributed by atoms with Crippen molar-refractivity contribution < 1.29 is 9.84 Å². The molecule has 0 aromatic heterocycles. The van der Waals surface area contributed by atoms with Crippen LogP contribution >= 0.6 is 0 Å². The Kier molecular flexibility index (Phi) is 5.40. The number of aliphatic hydroxyl groups excluding tert-OH is 1. The van der Waals surface area contributed by atoms with Crippen LogP contribution < -0.4 is 5.73 Å². The van der Waals surface area contributed by atoms with E-state index in [1.807, 2.05) is 0 Å². The van der Waals surface area contributed by atoms with Gasteiger partial charge in [-0.1, -0.05) is 0 Å². The van der Waals surface area contributed by atoms with E-state index < -0.39 is 0 Å². The van der Waals surface area contributed by atoms with Gasteiger partial charge in [0.1, 0.15) is 0 Å². The second kappa shape index (κ2) is 6.35. The zero-order valence-electron chi connectivity index (χ0n) is 8.98. The molecule has 1 rings (SSSR count). The molecular weight excluding hydrogens is 180 g/mol. The number of methoxy groups -OCH3 is 1. The second-order valence-electron chi connectivity index (χ2n) is 4.00. The van der Waals surface area contributed by atoms with Gasteiger partial charge in [0.2, 0.25) is 0 Å². The minimum atomic E-state index is -0.240. The summed E-state index contributed by atoms with van der Waals surface area (Å²) in [6.45, 7) is 4.25. The summed E-state index contributed by atoms with van der Waals surface area (Å²) in [6, 6.07) is 0. The number of rotatable bonds is 5. The molecule has 3 N–H and O–H groups in total. The fourth-order valence-electron chi connectivity index (χ4n) is 1.96. The topological polar surface area (TPSA) is 58.7 Å². The van der Waals surface area contributed by atoms with E-state index in [0.29, 0.717) is 12.5 Å². The smallest absolute Gasteiger partial charge is 0.0707 e. The van der Waals surface area contributed by atoms with E-state index in [0.717, 1.165) is 39.1 Å². The van der Waals surface area contributed by atoms with Crippen molar-refractivity contribution in [1.82, 2.24) is 4.90 Å². The summed E-state index contributed by atoms with van der Waals surface area (Å²) >= 11 is 0. The van der Waals surface area contributed by atoms with Gasteiger partial charge in [-0.3, -0.25) is 0 Å². The Bertz CT molecular complexity index is 153. The first-order valence-corrected chi connectivity index (χ1v) is 5.37. The van der Waals surface area contributed by atoms with Crippen LogP contribution in [0.15, 0.2) is 0 Å². The summed E-state index contributed by atoms with van der Waals surface area (Å²) in [6.07, 6.45) is 1.82. The van der Waals surface area contributed by atoms with Gasteiger partial charge in [-0.05, 0) is 31.8 Å². The van der Waals surface area contributed by atoms with Gasteiger partial charge in [0.05, 0.1) is 6.10 Å². The van der Waals surface area contributed by atoms with Gasteiger partial charge < -0.3 is 20.5 Å². The molecule has 14 heavy (non-hydrogen) atoms. The molecule has 2 atom stereocenters. The Morgan fingerprint density at radius 2 is 2.36 bits per heavy atom. The number of nitrogens with zero attached hydrogens (tertiary/aromatic N) is 1. The summed E-state index contributed by atoms with van der Waals surface area (Å²) in [5.41, 5.74) is 5.56. The molecule has 0 saturated carbocycles. The first-order valence-electron chi connectivity index (χ1n) is 5.37. The molecule has 0 bridgehead atoms. The van der Waals surface area contributed by atoms with Crippen molar-refractivity contribution >= 4 is 0 Å². The van der Waals surface area contributed by atoms with Crippen molar-refractivity contribution in [3.05, 3.63) is 0 Å². The number of hydrogen-bond acceptors (Lipinski definition) is 4. The third kappa shape index (κ3) is 3.53. The van der Waals surface area contributed by atoms with Crippen molar-refractivity contribution in [1.29, 1.82) is 0 Å². The normalized spacial score (nSPS) is 29.4. The summed E-state index contributed by atoms with van der Waals surface area (Å²) in [5.74, 6) is 0.300. The number of hydrogen-bond donors (Lipinski definition) is 2. The highest BCUT2D eigenvalue weighted by Crippen LogP contribution is 2.16. The van der Waals surface area contributed by atoms with Crippen LogP contribution in [0.1, 0.15) is 12.8 Å². The van der Waals surface area contributed by atoms with Crippen LogP contribution in [0.4, 0.5) is 0 Å². The van der Waals surface area contributed by atoms with E-state index >= 15 is 0 Å². The number of likely N-dealkylation sites (tertiary alicyclic amines) is 1. The van der Waals surface area contributed by atoms with Crippen molar-refractivity contribution in [2.75, 3.05) is 39.9 Å². The molecule has 4 nitrogen and oxygen atoms in total. The van der Waals surface area contributed by atoms with Gasteiger partial charge in [0.15, 0.2) is 0 Å². The third-order valence-electron chi connectivity index (χ3n) is 2.93. The van der Waals surface area contributed by atoms with Crippen LogP contribution in [0.3, 0.4) is 0 Å². The lowest BCUT2D eigenvalue weighted by Gasteiger charge is -2.35. The average Bonchev–Trinajstić information content (AvgIpc) is 2.18. The fraction of sp³-hybridized carbons (Fsp3) is 1.00. The Morgan fingerprint density at radius 1 is 1.57 bits per heavy atom. The Morgan fingerprint density at radius 3 is 2.93 bits per heavy atom. The van der Waals surface area contributed by atoms with Crippen LogP contribution in [0.25, 0.3) is 0 Å². The molecule has 1 fully saturated rings. The van der Waals surface area contributed by atoms with Gasteiger partial charge in [-0.25, -0.2) is 0 Å². The Balaban J connectivity index is 2.18. The highest BCUT2D eigenvalue weighted by Gasteiger charge is 2.25. The monoisotopic (exact) mass is 202 g/mol. The molecule has 1 unspecified atom stereocenters. The minimum Gasteiger partial charge on any atom is -0.391 e. The molecule has 1 heterocycles. The molecule has 0 aliphatic carbocycles. The average molecular weight is 202 g/mol. The molecule has 0 amide bonds. The molecule has 1 aliphatic rings. The number of aliphatic hydroxyl groups is 1. The van der Waals surface area contributed by atoms with Crippen LogP contribution in [0, 0.1) is 5.92 Å². The fourth-order valence-corrected chi connectivity index (χ4v) is 1.96. The highest BCUT2D eigenvalue weighted by atomic mass is 16.5. The molecule has 0 aromatic rings. The van der Waals surface area contributed by atoms with Gasteiger partial charge in [-0.2, -0.15) is 0 Å². The first kappa shape index (κ1) is 11.9. The minimum absolute atomic E-state index is 0.240. The second-order valence-corrected chi connectivity index (χ2v) is 4.00. The largest absolute Gasteiger partial charge is 0.391 e. The molecule has 1 aliphatic heterocycles. The maximum absolute atomic E-state index is 9.74. The van der Waals surface area contributed by atoms with Crippen LogP contribution in [0.5, 0.6) is 0 Å². The van der Waals surface area contributed by atoms with E-state index in [2.05, 4.69) is 4.90 Å². The number of nitrogens with two attached hydrogens (primary N) is 1. The molecule has 4 heteroatoms. The number of piperidine rings is 1. The SMILES string of the molecule is COCCCN1CC[C@@H](CN)C(O)C1. The van der Waals surface area contributed by atoms with E-state index in [-0.39, 0.29) is 6.10 Å². The quantitative estimate of drug-likeness (QED) is 0.599. The van der Waals surface area contributed by atoms with Crippen LogP contribution in [-0.4, -0.2) is 56.0 Å². The predicted molar refractivity (Wildman–Crippen MR) is 56.1 cm³/mol. The van der Waals surface area contributed by atoms with Crippen molar-refractivity contribution in [3.63, 3.8) is 0 Å². The molecular formula is C10H22N2O2. The predicted octanol–water partition coefficient (Wildman–Crippen LogP) is -0.336. The zero-order chi connectivity index (χ0) is 10.4. The first-order chi connectivity index (χ1) is 6.77. The maximum atomic E-state index is 9.74. The van der Waals surface area contributed by atoms with Crippen molar-refractivity contribution in [2.24, 2.45) is 11.7 Å². The zero-order valence-corrected chi connectivity index (χ0v) is 8.98. The third-order valence-corrected chi connectivity index (χ3v) is 2.93. The van der Waals surface area contributed by atoms with E-state index in [4.69, 9.17) is 10.5 Å². The Hall–Kier alpha value is -0.160. The summed E-state index contributed by atoms with van der Waals surface area (Å²) in [4.78, 5) is 2.29. The van der Waals surface area contributed by atoms with E-state index in [1.165, 1.54) is 0 Å². The highest BCUT2D eigenvalue weighted by molar-refractivity contribution is 4.80. The van der Waals surface area contributed by atoms with Gasteiger partial charge in [0.25, 0.3) is 0 Å². The summed E-state index contributed by atoms with van der Waals surface area (Å²) in [7, 11) is 1.72. The standard InChI is InChI=1S/C10H22N2O2/c1-14-6-2-4-12-5-3-9(7-11)10(13)8-12/h9-10,13H,2-8,11H2,1H3/t9-,10?/m0/s1. The van der Waals surface area contributed by atoms with Gasteiger partial charge in [-0.15, -0.1) is 0 Å². The van der Waals surface area contributed by atoms with Crippen molar-refractivity contribution in [3.8, 4) is 0 Å². The Labute approximate surface area is 86.0 Å². The van der Waals surface area contributed by atoms with Gasteiger partial charge >= 0.3 is 0 Å². The van der Waals surface area contributed by atoms with Crippen LogP contribution in [-0.2, 0) is 4.74 Å². The summed E-state index contributed by atoms with van der Waals surface area (Å²) in [5, 5.41) is 9.74. The molecule has 84 valence electrons. The lowest BCUT2D eigenvalue weighted by atomic mass is 9.94. The molecule has 0 spiro atoms. The maximum Gasteiger partial charge on any atom is 0.0707 e. The van der Waals surface area contributed by atoms with E-state index in [9.17, 15) is 5.11 Å². The van der Waals surface area contributed by atoms with Crippen molar-refractivity contribution in [2.45, 2.75) is 18.9 Å². The number of ether oxygens (including phenoxy) is 1. The summed E-state index contributed by atoms with van der Waals surface area (Å²) < 4.78 is 4.99. The molecule has 0 aromatic carbocycles. The molecule has 1 saturated heterocycles. The van der Waals surface area contributed by atoms with Gasteiger partial charge in [0, 0.05) is 26.8 Å². The lowest BCUT2D eigenvalue weighted by Crippen LogP contribution is -2.46. The van der Waals surface area contributed by atoms with E-state index in [1.54, 1.807) is 7.11 Å². The molecule has 0 radical (unpaired) electrons. The lowest BCUT2D eigenvalue weighted by molar-refractivity contribution is 0.0224.